The average Bonchev–Trinajstić information content (AvgIpc) is 3.44. The molecule has 0 N–H and O–H groups in total. The van der Waals surface area contributed by atoms with Gasteiger partial charge in [-0.3, -0.25) is 0 Å². The molecule has 3 fully saturated rings. The number of esters is 4. The molecule has 0 bridgehead atoms. The summed E-state index contributed by atoms with van der Waals surface area (Å²) in [7, 11) is 1.51. The van der Waals surface area contributed by atoms with Crippen LogP contribution in [-0.2, 0) is 47.4 Å². The molecule has 0 aliphatic carbocycles. The van der Waals surface area contributed by atoms with Gasteiger partial charge in [0.25, 0.3) is 0 Å². The van der Waals surface area contributed by atoms with E-state index in [-0.39, 0.29) is 41.2 Å². The summed E-state index contributed by atoms with van der Waals surface area (Å²) in [4.78, 5) is 56.6. The fraction of sp³-hybridized carbons (Fsp3) is 0.263. The summed E-state index contributed by atoms with van der Waals surface area (Å²) in [5.41, 5.74) is 1.44. The number of methoxy groups -OCH3 is 1. The van der Waals surface area contributed by atoms with Gasteiger partial charge in [-0.2, -0.15) is 0 Å². The van der Waals surface area contributed by atoms with Crippen LogP contribution in [0.15, 0.2) is 189 Å². The van der Waals surface area contributed by atoms with Crippen LogP contribution in [0.3, 0.4) is 0 Å². The van der Waals surface area contributed by atoms with Gasteiger partial charge in [0, 0.05) is 5.56 Å². The first kappa shape index (κ1) is 50.2. The van der Waals surface area contributed by atoms with Crippen molar-refractivity contribution in [1.29, 1.82) is 0 Å². The molecule has 16 nitrogen and oxygen atoms in total. The lowest BCUT2D eigenvalue weighted by atomic mass is 9.95. The number of carbonyl (C=O) groups excluding carboxylic acids is 4. The second-order valence-corrected chi connectivity index (χ2v) is 16.9. The fourth-order valence-corrected chi connectivity index (χ4v) is 8.52. The van der Waals surface area contributed by atoms with Crippen molar-refractivity contribution in [2.24, 2.45) is 0 Å². The molecular weight excluding hydrogens is 941 g/mol. The van der Waals surface area contributed by atoms with Crippen LogP contribution >= 0.6 is 0 Å². The third kappa shape index (κ3) is 12.3. The van der Waals surface area contributed by atoms with Crippen LogP contribution in [-0.4, -0.2) is 112 Å². The minimum atomic E-state index is -1.65. The molecule has 6 aromatic rings. The molecule has 6 aromatic carbocycles. The van der Waals surface area contributed by atoms with Gasteiger partial charge in [0.05, 0.1) is 42.6 Å². The Morgan fingerprint density at radius 2 is 1.01 bits per heavy atom. The number of fused-ring (bicyclic) bond motifs is 1. The van der Waals surface area contributed by atoms with E-state index in [4.69, 9.17) is 56.8 Å². The number of ether oxygens (including phenoxy) is 12. The van der Waals surface area contributed by atoms with Crippen molar-refractivity contribution >= 4 is 23.9 Å². The quantitative estimate of drug-likeness (QED) is 0.0457. The van der Waals surface area contributed by atoms with Gasteiger partial charge >= 0.3 is 23.9 Å². The molecule has 3 heterocycles. The highest BCUT2D eigenvalue weighted by Gasteiger charge is 2.58. The number of carbonyl (C=O) groups is 4. The Balaban J connectivity index is 1.15. The highest BCUT2D eigenvalue weighted by Crippen LogP contribution is 2.40. The summed E-state index contributed by atoms with van der Waals surface area (Å²) in [6.45, 7) is 3.24. The van der Waals surface area contributed by atoms with Gasteiger partial charge < -0.3 is 56.8 Å². The summed E-state index contributed by atoms with van der Waals surface area (Å²) in [5, 5.41) is 0. The molecule has 73 heavy (non-hydrogen) atoms. The predicted molar refractivity (Wildman–Crippen MR) is 259 cm³/mol. The van der Waals surface area contributed by atoms with E-state index >= 15 is 0 Å². The Hall–Kier alpha value is -7.70. The summed E-state index contributed by atoms with van der Waals surface area (Å²) >= 11 is 0. The predicted octanol–water partition coefficient (Wildman–Crippen LogP) is 8.13. The second kappa shape index (κ2) is 24.1. The largest absolute Gasteiger partial charge is 0.497 e. The zero-order valence-corrected chi connectivity index (χ0v) is 39.5. The van der Waals surface area contributed by atoms with Gasteiger partial charge in [0.15, 0.2) is 24.8 Å². The normalized spacial score (nSPS) is 25.4. The Bertz CT molecular complexity index is 2750. The van der Waals surface area contributed by atoms with E-state index < -0.39 is 98.2 Å². The fourth-order valence-electron chi connectivity index (χ4n) is 8.52. The van der Waals surface area contributed by atoms with E-state index in [1.165, 1.54) is 13.2 Å². The Morgan fingerprint density at radius 3 is 1.53 bits per heavy atom. The van der Waals surface area contributed by atoms with Crippen LogP contribution in [0.25, 0.3) is 0 Å². The average molecular weight is 993 g/mol. The van der Waals surface area contributed by atoms with Gasteiger partial charge in [-0.25, -0.2) is 19.2 Å². The maximum Gasteiger partial charge on any atom is 0.338 e. The number of hydrogen-bond donors (Lipinski definition) is 0. The van der Waals surface area contributed by atoms with Crippen molar-refractivity contribution < 1.29 is 76.0 Å². The highest BCUT2D eigenvalue weighted by atomic mass is 16.8. The molecule has 0 aromatic heterocycles. The summed E-state index contributed by atoms with van der Waals surface area (Å²) < 4.78 is 76.6. The van der Waals surface area contributed by atoms with Crippen LogP contribution in [0, 0.1) is 0 Å². The van der Waals surface area contributed by atoms with Crippen molar-refractivity contribution in [3.63, 3.8) is 0 Å². The van der Waals surface area contributed by atoms with Crippen LogP contribution in [0.4, 0.5) is 0 Å². The van der Waals surface area contributed by atoms with Gasteiger partial charge in [-0.15, -0.1) is 6.58 Å². The maximum absolute atomic E-state index is 14.5. The molecule has 1 unspecified atom stereocenters. The van der Waals surface area contributed by atoms with E-state index in [1.54, 1.807) is 146 Å². The number of hydrogen-bond acceptors (Lipinski definition) is 16. The lowest BCUT2D eigenvalue weighted by Crippen LogP contribution is -2.68. The molecule has 3 saturated heterocycles. The molecule has 11 atom stereocenters. The Kier molecular flexibility index (Phi) is 16.6. The maximum atomic E-state index is 14.5. The lowest BCUT2D eigenvalue weighted by molar-refractivity contribution is -0.384. The van der Waals surface area contributed by atoms with Crippen LogP contribution in [0.1, 0.15) is 53.3 Å². The first-order valence-electron chi connectivity index (χ1n) is 23.6. The summed E-state index contributed by atoms with van der Waals surface area (Å²) in [5.74, 6) is -2.41. The number of rotatable bonds is 18. The zero-order valence-electron chi connectivity index (χ0n) is 39.5. The van der Waals surface area contributed by atoms with Crippen LogP contribution < -0.4 is 9.47 Å². The standard InChI is InChI=1S/C57H52O16/c1-3-33-63-47-45-44(35-65-55(72-45)40-27-17-8-18-28-40)68-57(49(47)70-53(60)38-23-13-6-14-24-38)73-46-43(34-64-51(58)36-19-9-4-10-20-36)67-56(66-42-31-29-41(62-2)30-32-42)50(71-54(61)39-25-15-7-16-26-39)48(46)69-52(59)37-21-11-5-12-22-37/h3-32,43-50,55-57H,1,33-35H2,2H3/t43-,44-,45+,46-,47+,48+,49-,50-,55?,56-,57-/m1/s1. The topological polar surface area (TPSA) is 179 Å². The first-order valence-corrected chi connectivity index (χ1v) is 23.6. The van der Waals surface area contributed by atoms with Gasteiger partial charge in [0.1, 0.15) is 48.6 Å². The summed E-state index contributed by atoms with van der Waals surface area (Å²) in [6.07, 6.45) is -13.2. The molecule has 0 radical (unpaired) electrons. The minimum absolute atomic E-state index is 0.0238. The molecule has 376 valence electrons. The van der Waals surface area contributed by atoms with E-state index in [2.05, 4.69) is 6.58 Å². The highest BCUT2D eigenvalue weighted by molar-refractivity contribution is 5.91. The van der Waals surface area contributed by atoms with Crippen molar-refractivity contribution in [2.45, 2.75) is 67.7 Å². The molecule has 0 saturated carbocycles. The van der Waals surface area contributed by atoms with Gasteiger partial charge in [-0.1, -0.05) is 109 Å². The van der Waals surface area contributed by atoms with Crippen molar-refractivity contribution in [1.82, 2.24) is 0 Å². The monoisotopic (exact) mass is 992 g/mol. The van der Waals surface area contributed by atoms with Crippen molar-refractivity contribution in [2.75, 3.05) is 26.9 Å². The third-order valence-corrected chi connectivity index (χ3v) is 12.1. The molecule has 16 heteroatoms. The van der Waals surface area contributed by atoms with E-state index in [1.807, 2.05) is 30.3 Å². The lowest BCUT2D eigenvalue weighted by Gasteiger charge is -2.50. The molecular formula is C57H52O16. The van der Waals surface area contributed by atoms with E-state index in [0.717, 1.165) is 5.56 Å². The van der Waals surface area contributed by atoms with Gasteiger partial charge in [-0.05, 0) is 72.8 Å². The molecule has 3 aliphatic rings. The minimum Gasteiger partial charge on any atom is -0.497 e. The van der Waals surface area contributed by atoms with Crippen molar-refractivity contribution in [3.8, 4) is 11.5 Å². The van der Waals surface area contributed by atoms with Crippen LogP contribution in [0.5, 0.6) is 11.5 Å². The van der Waals surface area contributed by atoms with Crippen molar-refractivity contribution in [3.05, 3.63) is 216 Å². The van der Waals surface area contributed by atoms with E-state index in [9.17, 15) is 19.2 Å². The van der Waals surface area contributed by atoms with Gasteiger partial charge in [0.2, 0.25) is 12.4 Å². The Morgan fingerprint density at radius 1 is 0.534 bits per heavy atom. The summed E-state index contributed by atoms with van der Waals surface area (Å²) in [6, 6.07) is 48.6. The number of benzene rings is 6. The molecule has 3 aliphatic heterocycles. The zero-order chi connectivity index (χ0) is 50.5. The second-order valence-electron chi connectivity index (χ2n) is 16.9. The molecule has 0 amide bonds. The first-order chi connectivity index (χ1) is 35.8. The van der Waals surface area contributed by atoms with Crippen LogP contribution in [0.2, 0.25) is 0 Å². The Labute approximate surface area is 421 Å². The molecule has 0 spiro atoms. The smallest absolute Gasteiger partial charge is 0.338 e. The third-order valence-electron chi connectivity index (χ3n) is 12.1. The molecule has 9 rings (SSSR count). The SMILES string of the molecule is C=CCO[C@H]1[C@H]2OC(c3ccccc3)OC[C@H]2O[C@H](O[C@H]2[C@H](OC(=O)c3ccccc3)[C@@H](OC(=O)c3ccccc3)[C@H](Oc3ccc(OC)cc3)O[C@@H]2COC(=O)c2ccccc2)[C@@H]1OC(=O)c1ccccc1. The van der Waals surface area contributed by atoms with E-state index in [0.29, 0.717) is 5.75 Å².